The van der Waals surface area contributed by atoms with E-state index in [1.807, 2.05) is 37.4 Å². The fourth-order valence-electron chi connectivity index (χ4n) is 2.13. The second kappa shape index (κ2) is 10.3. The molecule has 0 aliphatic rings. The molecule has 0 saturated heterocycles. The van der Waals surface area contributed by atoms with Crippen LogP contribution in [-0.4, -0.2) is 46.8 Å². The van der Waals surface area contributed by atoms with Crippen molar-refractivity contribution >= 4 is 46.4 Å². The molecule has 3 rings (SSSR count). The Bertz CT molecular complexity index is 842. The summed E-state index contributed by atoms with van der Waals surface area (Å²) in [4.78, 5) is 15.5. The Hall–Kier alpha value is -2.15. The number of aliphatic imine (C=N–C) groups is 1. The van der Waals surface area contributed by atoms with Crippen molar-refractivity contribution < 1.29 is 4.42 Å². The SMILES string of the molecule is CCNC(=NCc1csc(N(C)C)n1)NCc1nc(-c2ccco2)n[nH]1.I. The lowest BCUT2D eigenvalue weighted by Gasteiger charge is -2.09. The molecular weight excluding hydrogens is 479 g/mol. The maximum absolute atomic E-state index is 5.29. The van der Waals surface area contributed by atoms with E-state index in [4.69, 9.17) is 4.42 Å². The third-order valence-corrected chi connectivity index (χ3v) is 4.42. The normalized spacial score (nSPS) is 11.1. The highest BCUT2D eigenvalue weighted by molar-refractivity contribution is 14.0. The zero-order valence-corrected chi connectivity index (χ0v) is 18.5. The molecule has 0 radical (unpaired) electrons. The first-order valence-corrected chi connectivity index (χ1v) is 9.12. The quantitative estimate of drug-likeness (QED) is 0.259. The van der Waals surface area contributed by atoms with Gasteiger partial charge in [-0.2, -0.15) is 0 Å². The number of furan rings is 1. The van der Waals surface area contributed by atoms with Gasteiger partial charge in [0.25, 0.3) is 0 Å². The zero-order chi connectivity index (χ0) is 18.4. The molecule has 0 bridgehead atoms. The van der Waals surface area contributed by atoms with Crippen molar-refractivity contribution in [2.24, 2.45) is 4.99 Å². The van der Waals surface area contributed by atoms with E-state index in [-0.39, 0.29) is 24.0 Å². The van der Waals surface area contributed by atoms with Crippen LogP contribution in [0.3, 0.4) is 0 Å². The van der Waals surface area contributed by atoms with E-state index in [1.54, 1.807) is 23.7 Å². The summed E-state index contributed by atoms with van der Waals surface area (Å²) in [5.74, 6) is 2.56. The van der Waals surface area contributed by atoms with E-state index in [0.29, 0.717) is 36.5 Å². The highest BCUT2D eigenvalue weighted by atomic mass is 127. The van der Waals surface area contributed by atoms with Crippen LogP contribution in [0.2, 0.25) is 0 Å². The van der Waals surface area contributed by atoms with Gasteiger partial charge in [0.2, 0.25) is 5.82 Å². The number of nitrogens with one attached hydrogen (secondary N) is 3. The average molecular weight is 502 g/mol. The third-order valence-electron chi connectivity index (χ3n) is 3.36. The van der Waals surface area contributed by atoms with E-state index < -0.39 is 0 Å². The first-order chi connectivity index (χ1) is 12.7. The number of H-pyrrole nitrogens is 1. The minimum absolute atomic E-state index is 0. The fourth-order valence-corrected chi connectivity index (χ4v) is 2.88. The first kappa shape index (κ1) is 21.2. The second-order valence-corrected chi connectivity index (χ2v) is 6.48. The molecule has 0 aliphatic carbocycles. The Kier molecular flexibility index (Phi) is 8.03. The predicted molar refractivity (Wildman–Crippen MR) is 118 cm³/mol. The van der Waals surface area contributed by atoms with Crippen LogP contribution >= 0.6 is 35.3 Å². The van der Waals surface area contributed by atoms with Crippen LogP contribution in [0, 0.1) is 0 Å². The largest absolute Gasteiger partial charge is 0.461 e. The molecule has 9 nitrogen and oxygen atoms in total. The molecule has 146 valence electrons. The van der Waals surface area contributed by atoms with Gasteiger partial charge in [0, 0.05) is 26.0 Å². The van der Waals surface area contributed by atoms with Crippen LogP contribution in [0.1, 0.15) is 18.4 Å². The number of aromatic amines is 1. The van der Waals surface area contributed by atoms with Crippen LogP contribution in [0.4, 0.5) is 5.13 Å². The lowest BCUT2D eigenvalue weighted by Crippen LogP contribution is -2.37. The number of thiazole rings is 1. The van der Waals surface area contributed by atoms with Gasteiger partial charge >= 0.3 is 0 Å². The zero-order valence-electron chi connectivity index (χ0n) is 15.4. The van der Waals surface area contributed by atoms with Gasteiger partial charge in [-0.05, 0) is 19.1 Å². The summed E-state index contributed by atoms with van der Waals surface area (Å²) in [6.07, 6.45) is 1.60. The highest BCUT2D eigenvalue weighted by Gasteiger charge is 2.09. The Labute approximate surface area is 178 Å². The average Bonchev–Trinajstić information content (AvgIpc) is 3.38. The number of guanidine groups is 1. The first-order valence-electron chi connectivity index (χ1n) is 8.24. The van der Waals surface area contributed by atoms with Crippen molar-refractivity contribution in [1.82, 2.24) is 30.8 Å². The number of hydrogen-bond donors (Lipinski definition) is 3. The molecule has 0 spiro atoms. The van der Waals surface area contributed by atoms with Crippen molar-refractivity contribution in [3.63, 3.8) is 0 Å². The Morgan fingerprint density at radius 2 is 2.19 bits per heavy atom. The van der Waals surface area contributed by atoms with Crippen molar-refractivity contribution in [2.45, 2.75) is 20.0 Å². The minimum atomic E-state index is 0. The maximum Gasteiger partial charge on any atom is 0.216 e. The minimum Gasteiger partial charge on any atom is -0.461 e. The second-order valence-electron chi connectivity index (χ2n) is 5.65. The van der Waals surface area contributed by atoms with Crippen molar-refractivity contribution in [1.29, 1.82) is 0 Å². The van der Waals surface area contributed by atoms with Gasteiger partial charge < -0.3 is 20.0 Å². The molecule has 0 aromatic carbocycles. The van der Waals surface area contributed by atoms with Crippen LogP contribution < -0.4 is 15.5 Å². The van der Waals surface area contributed by atoms with E-state index in [9.17, 15) is 0 Å². The van der Waals surface area contributed by atoms with E-state index >= 15 is 0 Å². The molecule has 0 atom stereocenters. The Morgan fingerprint density at radius 3 is 2.85 bits per heavy atom. The number of anilines is 1. The summed E-state index contributed by atoms with van der Waals surface area (Å²) >= 11 is 1.61. The summed E-state index contributed by atoms with van der Waals surface area (Å²) < 4.78 is 5.29. The molecule has 3 N–H and O–H groups in total. The maximum atomic E-state index is 5.29. The Morgan fingerprint density at radius 1 is 1.33 bits per heavy atom. The summed E-state index contributed by atoms with van der Waals surface area (Å²) in [7, 11) is 3.96. The number of aromatic nitrogens is 4. The topological polar surface area (TPSA) is 107 Å². The molecular formula is C16H23IN8OS. The van der Waals surface area contributed by atoms with Gasteiger partial charge in [-0.3, -0.25) is 5.10 Å². The van der Waals surface area contributed by atoms with Gasteiger partial charge in [0.15, 0.2) is 16.9 Å². The van der Waals surface area contributed by atoms with Gasteiger partial charge in [0.05, 0.1) is 25.0 Å². The Balaban J connectivity index is 0.00000261. The molecule has 3 heterocycles. The number of rotatable bonds is 7. The van der Waals surface area contributed by atoms with Gasteiger partial charge in [-0.1, -0.05) is 0 Å². The van der Waals surface area contributed by atoms with Gasteiger partial charge in [-0.25, -0.2) is 15.0 Å². The molecule has 27 heavy (non-hydrogen) atoms. The molecule has 0 unspecified atom stereocenters. The number of nitrogens with zero attached hydrogens (tertiary/aromatic N) is 5. The summed E-state index contributed by atoms with van der Waals surface area (Å²) in [6, 6.07) is 3.63. The number of hydrogen-bond acceptors (Lipinski definition) is 7. The van der Waals surface area contributed by atoms with Gasteiger partial charge in [-0.15, -0.1) is 40.4 Å². The summed E-state index contributed by atoms with van der Waals surface area (Å²) in [5, 5.41) is 16.5. The summed E-state index contributed by atoms with van der Waals surface area (Å²) in [5.41, 5.74) is 0.940. The monoisotopic (exact) mass is 502 g/mol. The van der Waals surface area contributed by atoms with Crippen LogP contribution in [-0.2, 0) is 13.1 Å². The van der Waals surface area contributed by atoms with Crippen LogP contribution in [0.25, 0.3) is 11.6 Å². The molecule has 0 amide bonds. The third kappa shape index (κ3) is 5.92. The predicted octanol–water partition coefficient (Wildman–Crippen LogP) is 2.46. The number of halogens is 1. The summed E-state index contributed by atoms with van der Waals surface area (Å²) in [6.45, 7) is 3.76. The molecule has 3 aromatic heterocycles. The fraction of sp³-hybridized carbons (Fsp3) is 0.375. The van der Waals surface area contributed by atoms with E-state index in [2.05, 4.69) is 35.8 Å². The highest BCUT2D eigenvalue weighted by Crippen LogP contribution is 2.18. The van der Waals surface area contributed by atoms with Crippen LogP contribution in [0.5, 0.6) is 0 Å². The van der Waals surface area contributed by atoms with Gasteiger partial charge in [0.1, 0.15) is 5.82 Å². The molecule has 3 aromatic rings. The van der Waals surface area contributed by atoms with E-state index in [0.717, 1.165) is 17.4 Å². The lowest BCUT2D eigenvalue weighted by atomic mass is 10.4. The molecule has 11 heteroatoms. The van der Waals surface area contributed by atoms with Crippen LogP contribution in [0.15, 0.2) is 33.2 Å². The van der Waals surface area contributed by atoms with Crippen molar-refractivity contribution in [2.75, 3.05) is 25.5 Å². The van der Waals surface area contributed by atoms with Crippen molar-refractivity contribution in [3.8, 4) is 11.6 Å². The smallest absolute Gasteiger partial charge is 0.216 e. The standard InChI is InChI=1S/C16H22N8OS.HI/c1-4-17-15(18-8-11-10-26-16(20-11)24(2)3)19-9-13-21-14(23-22-13)12-6-5-7-25-12;/h5-7,10H,4,8-9H2,1-3H3,(H2,17,18,19)(H,21,22,23);1H. The van der Waals surface area contributed by atoms with E-state index in [1.165, 1.54) is 0 Å². The van der Waals surface area contributed by atoms with Crippen molar-refractivity contribution in [3.05, 3.63) is 35.3 Å². The molecule has 0 aliphatic heterocycles. The molecule has 0 saturated carbocycles. The lowest BCUT2D eigenvalue weighted by molar-refractivity contribution is 0.577. The molecule has 0 fully saturated rings.